The highest BCUT2D eigenvalue weighted by Crippen LogP contribution is 2.42. The predicted octanol–water partition coefficient (Wildman–Crippen LogP) is 5.23. The largest absolute Gasteiger partial charge is 0.472 e. The molecule has 1 aromatic heterocycles. The molecule has 1 fully saturated rings. The Morgan fingerprint density at radius 3 is 2.34 bits per heavy atom. The second-order valence-corrected chi connectivity index (χ2v) is 15.4. The fraction of sp³-hybridized carbons (Fsp3) is 0.600. The lowest BCUT2D eigenvalue weighted by Gasteiger charge is -2.41. The Hall–Kier alpha value is -1.48. The normalized spacial score (nSPS) is 23.2. The van der Waals surface area contributed by atoms with Crippen LogP contribution in [0.3, 0.4) is 0 Å². The van der Waals surface area contributed by atoms with Gasteiger partial charge in [0.05, 0.1) is 32.3 Å². The van der Waals surface area contributed by atoms with Crippen LogP contribution in [0.4, 0.5) is 0 Å². The van der Waals surface area contributed by atoms with Gasteiger partial charge in [0.2, 0.25) is 0 Å². The lowest BCUT2D eigenvalue weighted by Crippen LogP contribution is -2.53. The second-order valence-electron chi connectivity index (χ2n) is 10.6. The molecule has 2 aromatic rings. The Morgan fingerprint density at radius 2 is 1.75 bits per heavy atom. The van der Waals surface area contributed by atoms with Gasteiger partial charge in [-0.3, -0.25) is 0 Å². The summed E-state index contributed by atoms with van der Waals surface area (Å²) in [5, 5.41) is 12.0. The minimum absolute atomic E-state index is 0.00874. The van der Waals surface area contributed by atoms with Crippen LogP contribution in [0.15, 0.2) is 53.3 Å². The Morgan fingerprint density at radius 1 is 1.06 bits per heavy atom. The van der Waals surface area contributed by atoms with Gasteiger partial charge in [-0.25, -0.2) is 0 Å². The summed E-state index contributed by atoms with van der Waals surface area (Å²) < 4.78 is 30.1. The Balaban J connectivity index is 1.81. The van der Waals surface area contributed by atoms with Crippen molar-refractivity contribution < 1.29 is 28.2 Å². The summed E-state index contributed by atoms with van der Waals surface area (Å²) in [6, 6.07) is 11.7. The van der Waals surface area contributed by atoms with Crippen LogP contribution in [0.25, 0.3) is 0 Å². The van der Waals surface area contributed by atoms with E-state index in [1.54, 1.807) is 18.6 Å². The fourth-order valence-corrected chi connectivity index (χ4v) is 4.59. The van der Waals surface area contributed by atoms with Crippen LogP contribution in [0.5, 0.6) is 0 Å². The molecule has 1 N–H and O–H groups in total. The number of ether oxygens (including phenoxy) is 3. The van der Waals surface area contributed by atoms with Gasteiger partial charge in [0.1, 0.15) is 17.8 Å². The third-order valence-electron chi connectivity index (χ3n) is 6.53. The molecule has 0 aliphatic carbocycles. The molecule has 7 heteroatoms. The molecule has 178 valence electrons. The quantitative estimate of drug-likeness (QED) is 0.515. The smallest absolute Gasteiger partial charge is 0.192 e. The van der Waals surface area contributed by atoms with Crippen molar-refractivity contribution in [1.29, 1.82) is 0 Å². The highest BCUT2D eigenvalue weighted by molar-refractivity contribution is 6.74. The lowest BCUT2D eigenvalue weighted by molar-refractivity contribution is -0.180. The average molecular weight is 463 g/mol. The van der Waals surface area contributed by atoms with Gasteiger partial charge in [-0.05, 0) is 43.6 Å². The fourth-order valence-electron chi connectivity index (χ4n) is 3.58. The van der Waals surface area contributed by atoms with Crippen LogP contribution in [-0.4, -0.2) is 44.6 Å². The van der Waals surface area contributed by atoms with Crippen molar-refractivity contribution in [3.63, 3.8) is 0 Å². The number of aliphatic hydroxyl groups is 1. The second kappa shape index (κ2) is 9.41. The van der Waals surface area contributed by atoms with E-state index in [2.05, 4.69) is 33.9 Å². The maximum absolute atomic E-state index is 12.0. The topological polar surface area (TPSA) is 70.3 Å². The molecule has 0 spiro atoms. The van der Waals surface area contributed by atoms with E-state index in [9.17, 15) is 5.11 Å². The van der Waals surface area contributed by atoms with Gasteiger partial charge in [-0.2, -0.15) is 0 Å². The average Bonchev–Trinajstić information content (AvgIpc) is 3.35. The van der Waals surface area contributed by atoms with E-state index in [-0.39, 0.29) is 18.3 Å². The van der Waals surface area contributed by atoms with Gasteiger partial charge < -0.3 is 28.2 Å². The SMILES string of the molecule is CC1(C)O[C@@H](COCc2ccccc2)[C@H]([C@](O)(CO[Si](C)(C)C(C)(C)C)c2ccoc2)O1. The highest BCUT2D eigenvalue weighted by Gasteiger charge is 2.54. The molecule has 32 heavy (non-hydrogen) atoms. The number of rotatable bonds is 9. The zero-order valence-corrected chi connectivity index (χ0v) is 21.4. The molecule has 1 aliphatic heterocycles. The van der Waals surface area contributed by atoms with Crippen molar-refractivity contribution in [2.45, 2.75) is 83.0 Å². The van der Waals surface area contributed by atoms with E-state index in [4.69, 9.17) is 23.1 Å². The monoisotopic (exact) mass is 462 g/mol. The van der Waals surface area contributed by atoms with Crippen LogP contribution < -0.4 is 0 Å². The minimum atomic E-state index is -2.12. The van der Waals surface area contributed by atoms with E-state index in [0.717, 1.165) is 5.56 Å². The predicted molar refractivity (Wildman–Crippen MR) is 126 cm³/mol. The molecule has 0 amide bonds. The van der Waals surface area contributed by atoms with Crippen LogP contribution in [0.1, 0.15) is 45.7 Å². The summed E-state index contributed by atoms with van der Waals surface area (Å²) in [6.45, 7) is 15.4. The number of furan rings is 1. The molecule has 0 saturated carbocycles. The number of benzene rings is 1. The van der Waals surface area contributed by atoms with Crippen LogP contribution in [0.2, 0.25) is 18.1 Å². The van der Waals surface area contributed by atoms with Crippen LogP contribution in [-0.2, 0) is 30.8 Å². The first kappa shape index (κ1) is 25.1. The van der Waals surface area contributed by atoms with Crippen molar-refractivity contribution in [3.8, 4) is 0 Å². The van der Waals surface area contributed by atoms with Crippen molar-refractivity contribution in [3.05, 3.63) is 60.1 Å². The molecule has 6 nitrogen and oxygen atoms in total. The highest BCUT2D eigenvalue weighted by atomic mass is 28.4. The molecule has 0 unspecified atom stereocenters. The molecule has 1 aliphatic rings. The molecule has 3 atom stereocenters. The molecular formula is C25H38O6Si. The minimum Gasteiger partial charge on any atom is -0.472 e. The van der Waals surface area contributed by atoms with Gasteiger partial charge >= 0.3 is 0 Å². The molecule has 1 saturated heterocycles. The Labute approximate surface area is 193 Å². The summed E-state index contributed by atoms with van der Waals surface area (Å²) in [5.74, 6) is -0.861. The van der Waals surface area contributed by atoms with Gasteiger partial charge in [-0.1, -0.05) is 51.1 Å². The third-order valence-corrected chi connectivity index (χ3v) is 11.0. The summed E-state index contributed by atoms with van der Waals surface area (Å²) in [6.07, 6.45) is 1.94. The first-order valence-corrected chi connectivity index (χ1v) is 14.1. The third kappa shape index (κ3) is 5.71. The van der Waals surface area contributed by atoms with Gasteiger partial charge in [0.15, 0.2) is 14.1 Å². The maximum Gasteiger partial charge on any atom is 0.192 e. The first-order chi connectivity index (χ1) is 14.8. The molecule has 3 rings (SSSR count). The summed E-state index contributed by atoms with van der Waals surface area (Å²) in [7, 11) is -2.12. The van der Waals surface area contributed by atoms with E-state index >= 15 is 0 Å². The summed E-state index contributed by atoms with van der Waals surface area (Å²) >= 11 is 0. The zero-order chi connectivity index (χ0) is 23.6. The van der Waals surface area contributed by atoms with Crippen molar-refractivity contribution in [1.82, 2.24) is 0 Å². The molecule has 0 radical (unpaired) electrons. The lowest BCUT2D eigenvalue weighted by atomic mass is 9.88. The number of hydrogen-bond donors (Lipinski definition) is 1. The zero-order valence-electron chi connectivity index (χ0n) is 20.4. The van der Waals surface area contributed by atoms with Crippen molar-refractivity contribution in [2.75, 3.05) is 13.2 Å². The van der Waals surface area contributed by atoms with E-state index in [1.807, 2.05) is 44.2 Å². The molecule has 2 heterocycles. The summed E-state index contributed by atoms with van der Waals surface area (Å²) in [4.78, 5) is 0. The molecular weight excluding hydrogens is 424 g/mol. The van der Waals surface area contributed by atoms with Gasteiger partial charge in [0.25, 0.3) is 0 Å². The van der Waals surface area contributed by atoms with E-state index in [1.165, 1.54) is 0 Å². The maximum atomic E-state index is 12.0. The van der Waals surface area contributed by atoms with Crippen molar-refractivity contribution >= 4 is 8.32 Å². The van der Waals surface area contributed by atoms with Crippen molar-refractivity contribution in [2.24, 2.45) is 0 Å². The Bertz CT molecular complexity index is 843. The van der Waals surface area contributed by atoms with Gasteiger partial charge in [-0.15, -0.1) is 0 Å². The first-order valence-electron chi connectivity index (χ1n) is 11.2. The van der Waals surface area contributed by atoms with E-state index < -0.39 is 31.9 Å². The van der Waals surface area contributed by atoms with E-state index in [0.29, 0.717) is 12.2 Å². The molecule has 1 aromatic carbocycles. The van der Waals surface area contributed by atoms with Crippen LogP contribution in [0, 0.1) is 0 Å². The molecule has 0 bridgehead atoms. The number of hydrogen-bond acceptors (Lipinski definition) is 6. The van der Waals surface area contributed by atoms with Gasteiger partial charge in [0, 0.05) is 5.56 Å². The Kier molecular flexibility index (Phi) is 7.39. The standard InChI is InChI=1S/C25H38O6Si/c1-23(2,3)32(6,7)29-18-25(26,20-13-14-27-16-20)22-21(30-24(4,5)31-22)17-28-15-19-11-9-8-10-12-19/h8-14,16,21-22,26H,15,17-18H2,1-7H3/t21-,22+,25-/m0/s1. The van der Waals surface area contributed by atoms with Crippen LogP contribution >= 0.6 is 0 Å². The summed E-state index contributed by atoms with van der Waals surface area (Å²) in [5.41, 5.74) is 0.237.